The summed E-state index contributed by atoms with van der Waals surface area (Å²) in [5.74, 6) is -0.104. The van der Waals surface area contributed by atoms with E-state index in [-0.39, 0.29) is 11.7 Å². The third-order valence-electron chi connectivity index (χ3n) is 2.86. The molecule has 0 fully saturated rings. The average Bonchev–Trinajstić information content (AvgIpc) is 2.38. The van der Waals surface area contributed by atoms with Gasteiger partial charge in [0.1, 0.15) is 12.0 Å². The van der Waals surface area contributed by atoms with E-state index in [2.05, 4.69) is 0 Å². The van der Waals surface area contributed by atoms with Gasteiger partial charge >= 0.3 is 0 Å². The Labute approximate surface area is 106 Å². The van der Waals surface area contributed by atoms with Gasteiger partial charge in [-0.2, -0.15) is 0 Å². The molecule has 0 aliphatic rings. The van der Waals surface area contributed by atoms with Crippen molar-refractivity contribution in [1.29, 1.82) is 0 Å². The molecule has 0 radical (unpaired) electrons. The first-order valence-corrected chi connectivity index (χ1v) is 5.71. The quantitative estimate of drug-likeness (QED) is 0.737. The third-order valence-corrected chi connectivity index (χ3v) is 2.86. The molecule has 0 heterocycles. The fourth-order valence-corrected chi connectivity index (χ4v) is 1.53. The second-order valence-corrected chi connectivity index (χ2v) is 4.30. The Morgan fingerprint density at radius 2 is 2.00 bits per heavy atom. The van der Waals surface area contributed by atoms with Gasteiger partial charge in [-0.1, -0.05) is 12.1 Å². The molecule has 0 aliphatic heterocycles. The van der Waals surface area contributed by atoms with Crippen LogP contribution in [0.2, 0.25) is 0 Å². The van der Waals surface area contributed by atoms with Gasteiger partial charge in [-0.05, 0) is 31.0 Å². The smallest absolute Gasteiger partial charge is 0.240 e. The maximum absolute atomic E-state index is 11.9. The van der Waals surface area contributed by atoms with Gasteiger partial charge in [-0.25, -0.2) is 0 Å². The van der Waals surface area contributed by atoms with Gasteiger partial charge in [0.15, 0.2) is 0 Å². The number of nitrogens with zero attached hydrogens (tertiary/aromatic N) is 1. The minimum Gasteiger partial charge on any atom is -0.508 e. The zero-order valence-electron chi connectivity index (χ0n) is 10.5. The molecule has 1 aromatic carbocycles. The molecule has 0 bridgehead atoms. The van der Waals surface area contributed by atoms with Crippen LogP contribution in [0.3, 0.4) is 0 Å². The molecule has 2 atom stereocenters. The number of hydrogen-bond acceptors (Lipinski definition) is 4. The zero-order valence-corrected chi connectivity index (χ0v) is 10.5. The molecule has 0 saturated carbocycles. The van der Waals surface area contributed by atoms with Crippen LogP contribution in [-0.2, 0) is 16.0 Å². The molecule has 5 nitrogen and oxygen atoms in total. The fraction of sp³-hybridized carbons (Fsp3) is 0.385. The van der Waals surface area contributed by atoms with E-state index in [1.54, 1.807) is 38.2 Å². The second-order valence-electron chi connectivity index (χ2n) is 4.30. The highest BCUT2D eigenvalue weighted by Crippen LogP contribution is 2.11. The Bertz CT molecular complexity index is 417. The van der Waals surface area contributed by atoms with Gasteiger partial charge in [0, 0.05) is 7.05 Å². The van der Waals surface area contributed by atoms with E-state index in [1.165, 1.54) is 4.90 Å². The van der Waals surface area contributed by atoms with Crippen LogP contribution >= 0.6 is 0 Å². The van der Waals surface area contributed by atoms with E-state index in [4.69, 9.17) is 10.8 Å². The maximum Gasteiger partial charge on any atom is 0.240 e. The summed E-state index contributed by atoms with van der Waals surface area (Å²) in [6.07, 6.45) is 1.07. The van der Waals surface area contributed by atoms with Gasteiger partial charge in [0.2, 0.25) is 5.91 Å². The fourth-order valence-electron chi connectivity index (χ4n) is 1.53. The second kappa shape index (κ2) is 6.16. The Morgan fingerprint density at radius 3 is 2.50 bits per heavy atom. The van der Waals surface area contributed by atoms with Crippen molar-refractivity contribution >= 4 is 12.2 Å². The van der Waals surface area contributed by atoms with E-state index in [9.17, 15) is 9.59 Å². The van der Waals surface area contributed by atoms with E-state index in [1.807, 2.05) is 0 Å². The SMILES string of the molecule is C[C@H](C=O)N(C)C(=O)[C@@H](N)Cc1ccc(O)cc1. The zero-order chi connectivity index (χ0) is 13.7. The predicted octanol–water partition coefficient (Wildman–Crippen LogP) is 0.308. The number of aldehydes is 1. The van der Waals surface area contributed by atoms with Crippen LogP contribution in [0.25, 0.3) is 0 Å². The molecule has 5 heteroatoms. The van der Waals surface area contributed by atoms with Crippen LogP contribution in [0.15, 0.2) is 24.3 Å². The number of benzene rings is 1. The van der Waals surface area contributed by atoms with E-state index in [0.717, 1.165) is 5.56 Å². The lowest BCUT2D eigenvalue weighted by Gasteiger charge is -2.24. The molecule has 0 unspecified atom stereocenters. The van der Waals surface area contributed by atoms with Crippen molar-refractivity contribution in [2.24, 2.45) is 5.73 Å². The van der Waals surface area contributed by atoms with Crippen LogP contribution in [0.1, 0.15) is 12.5 Å². The number of phenolic OH excluding ortho intramolecular Hbond substituents is 1. The van der Waals surface area contributed by atoms with Crippen molar-refractivity contribution in [2.75, 3.05) is 7.05 Å². The summed E-state index contributed by atoms with van der Waals surface area (Å²) < 4.78 is 0. The molecule has 0 aliphatic carbocycles. The maximum atomic E-state index is 11.9. The number of rotatable bonds is 5. The van der Waals surface area contributed by atoms with Crippen molar-refractivity contribution in [1.82, 2.24) is 4.90 Å². The summed E-state index contributed by atoms with van der Waals surface area (Å²) in [6.45, 7) is 1.64. The average molecular weight is 250 g/mol. The monoisotopic (exact) mass is 250 g/mol. The van der Waals surface area contributed by atoms with Crippen LogP contribution in [0.4, 0.5) is 0 Å². The number of hydrogen-bond donors (Lipinski definition) is 2. The van der Waals surface area contributed by atoms with Crippen LogP contribution in [0.5, 0.6) is 5.75 Å². The van der Waals surface area contributed by atoms with Crippen LogP contribution in [0, 0.1) is 0 Å². The van der Waals surface area contributed by atoms with Gasteiger partial charge in [0.25, 0.3) is 0 Å². The highest BCUT2D eigenvalue weighted by molar-refractivity contribution is 5.84. The number of aromatic hydroxyl groups is 1. The van der Waals surface area contributed by atoms with E-state index >= 15 is 0 Å². The van der Waals surface area contributed by atoms with Gasteiger partial charge < -0.3 is 20.5 Å². The lowest BCUT2D eigenvalue weighted by Crippen LogP contribution is -2.47. The first kappa shape index (κ1) is 14.2. The van der Waals surface area contributed by atoms with E-state index < -0.39 is 12.1 Å². The first-order valence-electron chi connectivity index (χ1n) is 5.71. The molecule has 0 saturated heterocycles. The molecular weight excluding hydrogens is 232 g/mol. The number of likely N-dealkylation sites (N-methyl/N-ethyl adjacent to an activating group) is 1. The van der Waals surface area contributed by atoms with E-state index in [0.29, 0.717) is 12.7 Å². The minimum atomic E-state index is -0.693. The Hall–Kier alpha value is -1.88. The number of amides is 1. The largest absolute Gasteiger partial charge is 0.508 e. The molecule has 1 rings (SSSR count). The Balaban J connectivity index is 2.64. The molecule has 0 spiro atoms. The van der Waals surface area contributed by atoms with Crippen molar-refractivity contribution < 1.29 is 14.7 Å². The summed E-state index contributed by atoms with van der Waals surface area (Å²) in [4.78, 5) is 23.8. The van der Waals surface area contributed by atoms with Crippen LogP contribution < -0.4 is 5.73 Å². The lowest BCUT2D eigenvalue weighted by atomic mass is 10.1. The van der Waals surface area contributed by atoms with Crippen molar-refractivity contribution in [3.63, 3.8) is 0 Å². The number of carbonyl (C=O) groups excluding carboxylic acids is 2. The van der Waals surface area contributed by atoms with Gasteiger partial charge in [-0.15, -0.1) is 0 Å². The Morgan fingerprint density at radius 1 is 1.44 bits per heavy atom. The summed E-state index contributed by atoms with van der Waals surface area (Å²) in [5.41, 5.74) is 6.67. The van der Waals surface area contributed by atoms with Crippen LogP contribution in [-0.4, -0.2) is 41.3 Å². The predicted molar refractivity (Wildman–Crippen MR) is 68.1 cm³/mol. The Kier molecular flexibility index (Phi) is 4.85. The molecular formula is C13H18N2O3. The topological polar surface area (TPSA) is 83.6 Å². The highest BCUT2D eigenvalue weighted by Gasteiger charge is 2.21. The summed E-state index contributed by atoms with van der Waals surface area (Å²) in [7, 11) is 1.55. The standard InChI is InChI=1S/C13H18N2O3/c1-9(8-16)15(2)13(18)12(14)7-10-3-5-11(17)6-4-10/h3-6,8-9,12,17H,7,14H2,1-2H3/t9-,12+/m1/s1. The number of phenols is 1. The van der Waals surface area contributed by atoms with Crippen molar-refractivity contribution in [2.45, 2.75) is 25.4 Å². The minimum absolute atomic E-state index is 0.172. The van der Waals surface area contributed by atoms with Gasteiger partial charge in [-0.3, -0.25) is 4.79 Å². The normalized spacial score (nSPS) is 13.7. The summed E-state index contributed by atoms with van der Waals surface area (Å²) >= 11 is 0. The summed E-state index contributed by atoms with van der Waals surface area (Å²) in [6, 6.07) is 5.34. The number of nitrogens with two attached hydrogens (primary N) is 1. The molecule has 1 amide bonds. The van der Waals surface area contributed by atoms with Gasteiger partial charge in [0.05, 0.1) is 12.1 Å². The lowest BCUT2D eigenvalue weighted by molar-refractivity contribution is -0.135. The molecule has 0 aromatic heterocycles. The number of carbonyl (C=O) groups is 2. The molecule has 3 N–H and O–H groups in total. The molecule has 98 valence electrons. The highest BCUT2D eigenvalue weighted by atomic mass is 16.3. The van der Waals surface area contributed by atoms with Crippen molar-refractivity contribution in [3.05, 3.63) is 29.8 Å². The molecule has 1 aromatic rings. The first-order chi connectivity index (χ1) is 8.45. The third kappa shape index (κ3) is 3.56. The van der Waals surface area contributed by atoms with Crippen molar-refractivity contribution in [3.8, 4) is 5.75 Å². The summed E-state index contributed by atoms with van der Waals surface area (Å²) in [5, 5.41) is 9.15. The molecule has 18 heavy (non-hydrogen) atoms.